The van der Waals surface area contributed by atoms with E-state index in [-0.39, 0.29) is 23.4 Å². The molecule has 0 unspecified atom stereocenters. The van der Waals surface area contributed by atoms with Gasteiger partial charge in [-0.3, -0.25) is 14.4 Å². The molecule has 2 heterocycles. The van der Waals surface area contributed by atoms with Gasteiger partial charge in [0.2, 0.25) is 5.91 Å². The predicted molar refractivity (Wildman–Crippen MR) is 52.0 cm³/mol. The zero-order chi connectivity index (χ0) is 11.2. The van der Waals surface area contributed by atoms with Gasteiger partial charge in [-0.2, -0.15) is 4.99 Å². The number of nitrogens with one attached hydrogen (secondary N) is 1. The quantitative estimate of drug-likeness (QED) is 0.611. The predicted octanol–water partition coefficient (Wildman–Crippen LogP) is -0.0975. The number of aliphatic imine (C=N–C) groups is 1. The maximum atomic E-state index is 11.9. The molecule has 0 aromatic rings. The van der Waals surface area contributed by atoms with Gasteiger partial charge in [-0.25, -0.2) is 0 Å². The molecule has 0 spiro atoms. The second-order valence-electron chi connectivity index (χ2n) is 3.95. The average molecular weight is 208 g/mol. The van der Waals surface area contributed by atoms with Crippen LogP contribution < -0.4 is 5.32 Å². The minimum Gasteiger partial charge on any atom is -0.313 e. The van der Waals surface area contributed by atoms with Crippen LogP contribution in [-0.4, -0.2) is 23.4 Å². The Hall–Kier alpha value is -1.52. The largest absolute Gasteiger partial charge is 0.313 e. The van der Waals surface area contributed by atoms with Crippen molar-refractivity contribution < 1.29 is 14.4 Å². The first-order valence-corrected chi connectivity index (χ1v) is 5.03. The molecule has 1 N–H and O–H groups in total. The van der Waals surface area contributed by atoms with Crippen LogP contribution in [0.5, 0.6) is 0 Å². The van der Waals surface area contributed by atoms with Crippen LogP contribution in [0.25, 0.3) is 0 Å². The molecule has 0 saturated carbocycles. The fraction of sp³-hybridized carbons (Fsp3) is 0.600. The number of ketones is 1. The van der Waals surface area contributed by atoms with Crippen molar-refractivity contribution in [1.29, 1.82) is 0 Å². The van der Waals surface area contributed by atoms with Crippen LogP contribution in [0, 0.1) is 17.8 Å². The van der Waals surface area contributed by atoms with E-state index in [1.807, 2.05) is 0 Å². The highest BCUT2D eigenvalue weighted by Gasteiger charge is 2.48. The summed E-state index contributed by atoms with van der Waals surface area (Å²) >= 11 is 0. The van der Waals surface area contributed by atoms with Crippen molar-refractivity contribution in [3.05, 3.63) is 0 Å². The molecular formula is C10H12N2O3. The van der Waals surface area contributed by atoms with Gasteiger partial charge in [-0.1, -0.05) is 13.8 Å². The molecule has 80 valence electrons. The van der Waals surface area contributed by atoms with Crippen LogP contribution >= 0.6 is 0 Å². The topological polar surface area (TPSA) is 75.6 Å². The van der Waals surface area contributed by atoms with E-state index in [4.69, 9.17) is 0 Å². The molecule has 0 aromatic carbocycles. The van der Waals surface area contributed by atoms with E-state index in [2.05, 4.69) is 10.3 Å². The Labute approximate surface area is 86.9 Å². The van der Waals surface area contributed by atoms with Crippen molar-refractivity contribution in [3.63, 3.8) is 0 Å². The van der Waals surface area contributed by atoms with E-state index in [9.17, 15) is 14.4 Å². The van der Waals surface area contributed by atoms with Crippen molar-refractivity contribution >= 4 is 23.4 Å². The first-order valence-electron chi connectivity index (χ1n) is 5.03. The van der Waals surface area contributed by atoms with Crippen LogP contribution in [-0.2, 0) is 14.4 Å². The number of carbonyl (C=O) groups is 3. The molecule has 2 rings (SSSR count). The molecule has 2 aliphatic heterocycles. The van der Waals surface area contributed by atoms with Crippen molar-refractivity contribution in [3.8, 4) is 0 Å². The summed E-state index contributed by atoms with van der Waals surface area (Å²) in [7, 11) is 0. The molecule has 0 aromatic heterocycles. The zero-order valence-electron chi connectivity index (χ0n) is 8.61. The Balaban J connectivity index is 2.36. The number of rotatable bonds is 1. The van der Waals surface area contributed by atoms with Crippen molar-refractivity contribution in [2.24, 2.45) is 22.7 Å². The number of nitrogens with zero attached hydrogens (tertiary/aromatic N) is 1. The number of amides is 2. The summed E-state index contributed by atoms with van der Waals surface area (Å²) in [5.74, 6) is -2.16. The molecule has 0 radical (unpaired) electrons. The molecule has 15 heavy (non-hydrogen) atoms. The number of amidine groups is 1. The molecule has 1 fully saturated rings. The third-order valence-corrected chi connectivity index (χ3v) is 3.04. The van der Waals surface area contributed by atoms with Crippen LogP contribution in [0.1, 0.15) is 20.3 Å². The molecule has 0 aliphatic carbocycles. The third-order valence-electron chi connectivity index (χ3n) is 3.04. The lowest BCUT2D eigenvalue weighted by Gasteiger charge is -2.26. The van der Waals surface area contributed by atoms with Gasteiger partial charge in [0.1, 0.15) is 5.84 Å². The third kappa shape index (κ3) is 1.30. The maximum absolute atomic E-state index is 11.9. The van der Waals surface area contributed by atoms with Gasteiger partial charge < -0.3 is 5.32 Å². The smallest absolute Gasteiger partial charge is 0.251 e. The number of hydrogen-bond donors (Lipinski definition) is 1. The van der Waals surface area contributed by atoms with E-state index < -0.39 is 17.8 Å². The summed E-state index contributed by atoms with van der Waals surface area (Å²) in [5, 5.41) is 2.54. The van der Waals surface area contributed by atoms with E-state index >= 15 is 0 Å². The summed E-state index contributed by atoms with van der Waals surface area (Å²) in [5.41, 5.74) is 0. The normalized spacial score (nSPS) is 34.9. The monoisotopic (exact) mass is 208 g/mol. The molecule has 2 aliphatic rings. The van der Waals surface area contributed by atoms with Gasteiger partial charge in [0, 0.05) is 0 Å². The van der Waals surface area contributed by atoms with Gasteiger partial charge >= 0.3 is 0 Å². The van der Waals surface area contributed by atoms with Gasteiger partial charge in [-0.05, 0) is 6.42 Å². The fourth-order valence-corrected chi connectivity index (χ4v) is 2.10. The van der Waals surface area contributed by atoms with Crippen molar-refractivity contribution in [1.82, 2.24) is 5.32 Å². The summed E-state index contributed by atoms with van der Waals surface area (Å²) in [6.07, 6.45) is 0.468. The van der Waals surface area contributed by atoms with Gasteiger partial charge in [0.25, 0.3) is 5.91 Å². The van der Waals surface area contributed by atoms with Crippen molar-refractivity contribution in [2.75, 3.05) is 0 Å². The number of carbonyl (C=O) groups excluding carboxylic acids is 3. The summed E-state index contributed by atoms with van der Waals surface area (Å²) < 4.78 is 0. The highest BCUT2D eigenvalue weighted by Crippen LogP contribution is 2.29. The molecule has 3 atom stereocenters. The summed E-state index contributed by atoms with van der Waals surface area (Å²) in [6, 6.07) is 0. The minimum atomic E-state index is -0.623. The number of Topliss-reactive ketones (excluding diaryl/α,β-unsaturated/α-hetero) is 1. The van der Waals surface area contributed by atoms with E-state index in [0.717, 1.165) is 0 Å². The van der Waals surface area contributed by atoms with Gasteiger partial charge in [-0.15, -0.1) is 0 Å². The first kappa shape index (κ1) is 10.0. The standard InChI is InChI=1S/C10H12N2O3/c1-3-5-7(13)6-4(2)9(14)11-8(6)12-10(5)15/h4-6H,3H2,1-2H3,(H,11,12,14,15)/t4-,5+,6-/m0/s1. The Kier molecular flexibility index (Phi) is 2.17. The Morgan fingerprint density at radius 2 is 2.00 bits per heavy atom. The second kappa shape index (κ2) is 3.25. The summed E-state index contributed by atoms with van der Waals surface area (Å²) in [6.45, 7) is 3.46. The molecule has 5 nitrogen and oxygen atoms in total. The van der Waals surface area contributed by atoms with Crippen LogP contribution in [0.15, 0.2) is 4.99 Å². The highest BCUT2D eigenvalue weighted by atomic mass is 16.2. The van der Waals surface area contributed by atoms with E-state index in [0.29, 0.717) is 6.42 Å². The molecule has 1 saturated heterocycles. The Bertz CT molecular complexity index is 386. The number of fused-ring (bicyclic) bond motifs is 1. The minimum absolute atomic E-state index is 0.168. The van der Waals surface area contributed by atoms with Crippen molar-refractivity contribution in [2.45, 2.75) is 20.3 Å². The maximum Gasteiger partial charge on any atom is 0.251 e. The summed E-state index contributed by atoms with van der Waals surface area (Å²) in [4.78, 5) is 38.4. The first-order chi connectivity index (χ1) is 7.06. The lowest BCUT2D eigenvalue weighted by Crippen LogP contribution is -2.52. The highest BCUT2D eigenvalue weighted by molar-refractivity contribution is 6.26. The fourth-order valence-electron chi connectivity index (χ4n) is 2.10. The zero-order valence-corrected chi connectivity index (χ0v) is 8.61. The molecule has 0 bridgehead atoms. The lowest BCUT2D eigenvalue weighted by atomic mass is 9.80. The van der Waals surface area contributed by atoms with Crippen LogP contribution in [0.2, 0.25) is 0 Å². The molecular weight excluding hydrogens is 196 g/mol. The Morgan fingerprint density at radius 3 is 2.60 bits per heavy atom. The molecule has 5 heteroatoms. The van der Waals surface area contributed by atoms with Crippen LogP contribution in [0.4, 0.5) is 0 Å². The van der Waals surface area contributed by atoms with Crippen LogP contribution in [0.3, 0.4) is 0 Å². The second-order valence-corrected chi connectivity index (χ2v) is 3.95. The Morgan fingerprint density at radius 1 is 1.33 bits per heavy atom. The number of piperidine rings is 1. The number of hydrogen-bond acceptors (Lipinski definition) is 3. The molecule has 2 amide bonds. The lowest BCUT2D eigenvalue weighted by molar-refractivity contribution is -0.138. The van der Waals surface area contributed by atoms with Gasteiger partial charge in [0.15, 0.2) is 5.78 Å². The van der Waals surface area contributed by atoms with E-state index in [1.165, 1.54) is 0 Å². The van der Waals surface area contributed by atoms with Gasteiger partial charge in [0.05, 0.1) is 17.8 Å². The SMILES string of the molecule is CC[C@H]1C(=O)NC2=NC(=O)[C@@H](C)[C@H]2C1=O. The van der Waals surface area contributed by atoms with E-state index in [1.54, 1.807) is 13.8 Å². The average Bonchev–Trinajstić information content (AvgIpc) is 2.43.